The molecule has 1 saturated carbocycles. The highest BCUT2D eigenvalue weighted by Gasteiger charge is 2.34. The zero-order valence-corrected chi connectivity index (χ0v) is 14.4. The number of carbonyl (C=O) groups is 1. The lowest BCUT2D eigenvalue weighted by Gasteiger charge is -2.15. The maximum absolute atomic E-state index is 12.7. The molecule has 0 aromatic carbocycles. The number of hydrogen-bond donors (Lipinski definition) is 2. The average Bonchev–Trinajstić information content (AvgIpc) is 3.28. The predicted octanol–water partition coefficient (Wildman–Crippen LogP) is 3.51. The van der Waals surface area contributed by atoms with Crippen LogP contribution in [-0.4, -0.2) is 23.5 Å². The number of amides is 1. The lowest BCUT2D eigenvalue weighted by molar-refractivity contribution is -0.140. The number of hydrogen-bond acceptors (Lipinski definition) is 4. The first kappa shape index (κ1) is 19.0. The van der Waals surface area contributed by atoms with Crippen molar-refractivity contribution in [3.8, 4) is 0 Å². The summed E-state index contributed by atoms with van der Waals surface area (Å²) in [6, 6.07) is 2.23. The summed E-state index contributed by atoms with van der Waals surface area (Å²) in [7, 11) is 0. The molecule has 0 aliphatic heterocycles. The Kier molecular flexibility index (Phi) is 5.41. The maximum Gasteiger partial charge on any atom is 0.433 e. The third kappa shape index (κ3) is 3.65. The SMILES string of the molecule is Cc1c(C(=O)NC(CN)C2CC2)sc2nc(C(F)(F)F)ccc12.Cl. The van der Waals surface area contributed by atoms with E-state index in [9.17, 15) is 18.0 Å². The average molecular weight is 380 g/mol. The van der Waals surface area contributed by atoms with Crippen molar-refractivity contribution in [2.75, 3.05) is 6.54 Å². The Hall–Kier alpha value is -1.38. The van der Waals surface area contributed by atoms with Gasteiger partial charge in [-0.1, -0.05) is 0 Å². The Balaban J connectivity index is 0.00000208. The van der Waals surface area contributed by atoms with Gasteiger partial charge in [-0.15, -0.1) is 23.7 Å². The molecular weight excluding hydrogens is 363 g/mol. The van der Waals surface area contributed by atoms with Crippen molar-refractivity contribution < 1.29 is 18.0 Å². The van der Waals surface area contributed by atoms with Crippen molar-refractivity contribution in [3.05, 3.63) is 28.3 Å². The second kappa shape index (κ2) is 6.85. The molecule has 0 spiro atoms. The molecular formula is C15H17ClF3N3OS. The van der Waals surface area contributed by atoms with Crippen LogP contribution in [0.5, 0.6) is 0 Å². The predicted molar refractivity (Wildman–Crippen MR) is 89.6 cm³/mol. The quantitative estimate of drug-likeness (QED) is 0.854. The Bertz CT molecular complexity index is 758. The largest absolute Gasteiger partial charge is 0.433 e. The number of aromatic nitrogens is 1. The molecule has 1 atom stereocenters. The van der Waals surface area contributed by atoms with Crippen molar-refractivity contribution in [3.63, 3.8) is 0 Å². The van der Waals surface area contributed by atoms with Gasteiger partial charge in [0.2, 0.25) is 0 Å². The molecule has 0 bridgehead atoms. The van der Waals surface area contributed by atoms with E-state index in [2.05, 4.69) is 10.3 Å². The minimum Gasteiger partial charge on any atom is -0.347 e. The van der Waals surface area contributed by atoms with Gasteiger partial charge in [0, 0.05) is 18.0 Å². The number of rotatable bonds is 4. The molecule has 1 aliphatic carbocycles. The van der Waals surface area contributed by atoms with Crippen LogP contribution >= 0.6 is 23.7 Å². The highest BCUT2D eigenvalue weighted by atomic mass is 35.5. The Morgan fingerprint density at radius 2 is 2.12 bits per heavy atom. The topological polar surface area (TPSA) is 68.0 Å². The molecule has 9 heteroatoms. The van der Waals surface area contributed by atoms with Gasteiger partial charge in [0.25, 0.3) is 5.91 Å². The van der Waals surface area contributed by atoms with E-state index in [0.29, 0.717) is 28.3 Å². The number of aryl methyl sites for hydroxylation is 1. The number of carbonyl (C=O) groups excluding carboxylic acids is 1. The summed E-state index contributed by atoms with van der Waals surface area (Å²) in [5, 5.41) is 3.46. The number of nitrogens with one attached hydrogen (secondary N) is 1. The molecule has 1 amide bonds. The van der Waals surface area contributed by atoms with E-state index in [1.54, 1.807) is 6.92 Å². The second-order valence-electron chi connectivity index (χ2n) is 5.76. The molecule has 3 rings (SSSR count). The summed E-state index contributed by atoms with van der Waals surface area (Å²) in [6.45, 7) is 2.08. The van der Waals surface area contributed by atoms with E-state index >= 15 is 0 Å². The Labute approximate surface area is 147 Å². The number of halogens is 4. The van der Waals surface area contributed by atoms with Crippen LogP contribution in [0.3, 0.4) is 0 Å². The van der Waals surface area contributed by atoms with Crippen LogP contribution in [0.1, 0.15) is 33.8 Å². The number of thiophene rings is 1. The van der Waals surface area contributed by atoms with Crippen LogP contribution < -0.4 is 11.1 Å². The Morgan fingerprint density at radius 3 is 2.67 bits per heavy atom. The summed E-state index contributed by atoms with van der Waals surface area (Å²) in [4.78, 5) is 16.7. The molecule has 1 unspecified atom stereocenters. The zero-order valence-electron chi connectivity index (χ0n) is 12.8. The van der Waals surface area contributed by atoms with Gasteiger partial charge in [-0.25, -0.2) is 4.98 Å². The molecule has 1 fully saturated rings. The summed E-state index contributed by atoms with van der Waals surface area (Å²) in [6.07, 6.45) is -2.40. The van der Waals surface area contributed by atoms with Crippen molar-refractivity contribution in [1.29, 1.82) is 0 Å². The van der Waals surface area contributed by atoms with Crippen LogP contribution in [0.2, 0.25) is 0 Å². The molecule has 24 heavy (non-hydrogen) atoms. The minimum atomic E-state index is -4.49. The third-order valence-corrected chi connectivity index (χ3v) is 5.26. The van der Waals surface area contributed by atoms with Gasteiger partial charge in [0.15, 0.2) is 0 Å². The molecule has 2 heterocycles. The van der Waals surface area contributed by atoms with Crippen LogP contribution in [-0.2, 0) is 6.18 Å². The van der Waals surface area contributed by atoms with Gasteiger partial charge in [0.1, 0.15) is 10.5 Å². The fourth-order valence-electron chi connectivity index (χ4n) is 2.58. The summed E-state index contributed by atoms with van der Waals surface area (Å²) in [5.74, 6) is 0.120. The van der Waals surface area contributed by atoms with E-state index in [1.165, 1.54) is 6.07 Å². The fourth-order valence-corrected chi connectivity index (χ4v) is 3.66. The van der Waals surface area contributed by atoms with Crippen LogP contribution in [0, 0.1) is 12.8 Å². The van der Waals surface area contributed by atoms with Gasteiger partial charge in [-0.05, 0) is 43.4 Å². The van der Waals surface area contributed by atoms with Gasteiger partial charge < -0.3 is 11.1 Å². The highest BCUT2D eigenvalue weighted by Crippen LogP contribution is 2.35. The maximum atomic E-state index is 12.7. The fraction of sp³-hybridized carbons (Fsp3) is 0.467. The van der Waals surface area contributed by atoms with E-state index in [0.717, 1.165) is 30.2 Å². The van der Waals surface area contributed by atoms with E-state index in [-0.39, 0.29) is 29.2 Å². The van der Waals surface area contributed by atoms with Gasteiger partial charge in [-0.3, -0.25) is 4.79 Å². The first-order valence-corrected chi connectivity index (χ1v) is 8.11. The van der Waals surface area contributed by atoms with Crippen molar-refractivity contribution in [2.45, 2.75) is 32.0 Å². The van der Waals surface area contributed by atoms with Crippen molar-refractivity contribution in [1.82, 2.24) is 10.3 Å². The third-order valence-electron chi connectivity index (χ3n) is 4.06. The highest BCUT2D eigenvalue weighted by molar-refractivity contribution is 7.20. The van der Waals surface area contributed by atoms with Gasteiger partial charge in [-0.2, -0.15) is 13.2 Å². The molecule has 0 radical (unpaired) electrons. The Morgan fingerprint density at radius 1 is 1.46 bits per heavy atom. The molecule has 4 nitrogen and oxygen atoms in total. The van der Waals surface area contributed by atoms with E-state index in [1.807, 2.05) is 0 Å². The normalized spacial score (nSPS) is 15.9. The van der Waals surface area contributed by atoms with E-state index < -0.39 is 11.9 Å². The molecule has 0 saturated heterocycles. The van der Waals surface area contributed by atoms with Crippen molar-refractivity contribution >= 4 is 39.9 Å². The summed E-state index contributed by atoms with van der Waals surface area (Å²) in [5.41, 5.74) is 5.37. The van der Waals surface area contributed by atoms with Gasteiger partial charge >= 0.3 is 6.18 Å². The smallest absolute Gasteiger partial charge is 0.347 e. The lowest BCUT2D eigenvalue weighted by atomic mass is 10.1. The van der Waals surface area contributed by atoms with Crippen LogP contribution in [0.4, 0.5) is 13.2 Å². The second-order valence-corrected chi connectivity index (χ2v) is 6.76. The molecule has 2 aromatic heterocycles. The number of fused-ring (bicyclic) bond motifs is 1. The number of pyridine rings is 1. The summed E-state index contributed by atoms with van der Waals surface area (Å²) < 4.78 is 38.2. The number of alkyl halides is 3. The molecule has 3 N–H and O–H groups in total. The van der Waals surface area contributed by atoms with Crippen LogP contribution in [0.15, 0.2) is 12.1 Å². The first-order chi connectivity index (χ1) is 10.8. The molecule has 2 aromatic rings. The van der Waals surface area contributed by atoms with Gasteiger partial charge in [0.05, 0.1) is 4.88 Å². The van der Waals surface area contributed by atoms with Crippen molar-refractivity contribution in [2.24, 2.45) is 11.7 Å². The standard InChI is InChI=1S/C15H16F3N3OS.ClH/c1-7-9-4-5-11(15(16,17)18)21-14(9)23-12(7)13(22)20-10(6-19)8-2-3-8;/h4-5,8,10H,2-3,6,19H2,1H3,(H,20,22);1H. The van der Waals surface area contributed by atoms with Crippen LogP contribution in [0.25, 0.3) is 10.2 Å². The minimum absolute atomic E-state index is 0. The zero-order chi connectivity index (χ0) is 16.8. The monoisotopic (exact) mass is 379 g/mol. The summed E-state index contributed by atoms with van der Waals surface area (Å²) >= 11 is 0.983. The lowest BCUT2D eigenvalue weighted by Crippen LogP contribution is -2.41. The number of nitrogens with zero attached hydrogens (tertiary/aromatic N) is 1. The first-order valence-electron chi connectivity index (χ1n) is 7.29. The molecule has 132 valence electrons. The molecule has 1 aliphatic rings. The number of nitrogens with two attached hydrogens (primary N) is 1. The van der Waals surface area contributed by atoms with E-state index in [4.69, 9.17) is 5.73 Å².